The number of carbonyl (C=O) groups excluding carboxylic acids is 2. The highest BCUT2D eigenvalue weighted by molar-refractivity contribution is 5.88. The van der Waals surface area contributed by atoms with Gasteiger partial charge in [-0.3, -0.25) is 9.59 Å². The van der Waals surface area contributed by atoms with Gasteiger partial charge in [0.2, 0.25) is 11.8 Å². The van der Waals surface area contributed by atoms with Crippen LogP contribution in [0.2, 0.25) is 0 Å². The van der Waals surface area contributed by atoms with Crippen LogP contribution in [0.3, 0.4) is 0 Å². The fourth-order valence-electron chi connectivity index (χ4n) is 1.89. The molecule has 0 aliphatic carbocycles. The molecule has 0 saturated heterocycles. The summed E-state index contributed by atoms with van der Waals surface area (Å²) in [4.78, 5) is 23.2. The van der Waals surface area contributed by atoms with Gasteiger partial charge >= 0.3 is 0 Å². The van der Waals surface area contributed by atoms with E-state index >= 15 is 0 Å². The Labute approximate surface area is 130 Å². The Morgan fingerprint density at radius 1 is 1.27 bits per heavy atom. The van der Waals surface area contributed by atoms with Gasteiger partial charge in [0.25, 0.3) is 0 Å². The quantitative estimate of drug-likeness (QED) is 0.621. The number of nitrogens with two attached hydrogens (primary N) is 1. The van der Waals surface area contributed by atoms with E-state index in [0.717, 1.165) is 5.56 Å². The number of aliphatic hydroxyl groups excluding tert-OH is 1. The summed E-state index contributed by atoms with van der Waals surface area (Å²) in [5.74, 6) is -1.14. The van der Waals surface area contributed by atoms with Crippen LogP contribution in [0.4, 0.5) is 0 Å². The molecule has 1 aromatic carbocycles. The van der Waals surface area contributed by atoms with Crippen LogP contribution < -0.4 is 11.1 Å². The number of hydrogen-bond donors (Lipinski definition) is 3. The number of carbonyl (C=O) groups is 2. The Hall–Kier alpha value is -1.92. The van der Waals surface area contributed by atoms with E-state index in [-0.39, 0.29) is 12.5 Å². The first-order chi connectivity index (χ1) is 10.4. The van der Waals surface area contributed by atoms with Crippen molar-refractivity contribution in [2.24, 2.45) is 11.7 Å². The van der Waals surface area contributed by atoms with Gasteiger partial charge in [0.1, 0.15) is 12.1 Å². The zero-order valence-electron chi connectivity index (χ0n) is 13.0. The molecule has 6 nitrogen and oxygen atoms in total. The molecule has 0 aliphatic rings. The van der Waals surface area contributed by atoms with Crippen LogP contribution in [0.25, 0.3) is 0 Å². The van der Waals surface area contributed by atoms with Gasteiger partial charge in [0.05, 0.1) is 13.2 Å². The summed E-state index contributed by atoms with van der Waals surface area (Å²) in [6.07, 6.45) is -0.835. The zero-order chi connectivity index (χ0) is 16.5. The van der Waals surface area contributed by atoms with Gasteiger partial charge in [-0.15, -0.1) is 0 Å². The fourth-order valence-corrected chi connectivity index (χ4v) is 1.89. The van der Waals surface area contributed by atoms with Gasteiger partial charge in [0.15, 0.2) is 0 Å². The molecule has 1 rings (SSSR count). The van der Waals surface area contributed by atoms with Crippen LogP contribution in [0, 0.1) is 5.92 Å². The predicted octanol–water partition coefficient (Wildman–Crippen LogP) is 0.580. The molecule has 0 spiro atoms. The Balaban J connectivity index is 2.45. The molecule has 0 heterocycles. The summed E-state index contributed by atoms with van der Waals surface area (Å²) in [7, 11) is 0. The van der Waals surface area contributed by atoms with Crippen molar-refractivity contribution in [1.29, 1.82) is 0 Å². The Kier molecular flexibility index (Phi) is 7.56. The van der Waals surface area contributed by atoms with Gasteiger partial charge in [-0.2, -0.15) is 0 Å². The Bertz CT molecular complexity index is 476. The van der Waals surface area contributed by atoms with E-state index in [1.807, 2.05) is 44.2 Å². The maximum absolute atomic E-state index is 11.8. The summed E-state index contributed by atoms with van der Waals surface area (Å²) in [5, 5.41) is 12.1. The third kappa shape index (κ3) is 6.69. The molecule has 0 saturated carbocycles. The van der Waals surface area contributed by atoms with Crippen LogP contribution in [0.15, 0.2) is 30.3 Å². The lowest BCUT2D eigenvalue weighted by Crippen LogP contribution is -2.50. The molecular formula is C16H24N2O4. The number of primary amides is 1. The molecule has 4 N–H and O–H groups in total. The molecule has 0 fully saturated rings. The Morgan fingerprint density at radius 2 is 1.91 bits per heavy atom. The van der Waals surface area contributed by atoms with Crippen molar-refractivity contribution in [3.8, 4) is 0 Å². The van der Waals surface area contributed by atoms with Crippen molar-refractivity contribution < 1.29 is 19.4 Å². The first kappa shape index (κ1) is 18.1. The van der Waals surface area contributed by atoms with Crippen molar-refractivity contribution in [1.82, 2.24) is 5.32 Å². The number of rotatable bonds is 9. The molecule has 2 atom stereocenters. The van der Waals surface area contributed by atoms with Gasteiger partial charge in [-0.05, 0) is 17.9 Å². The van der Waals surface area contributed by atoms with Crippen molar-refractivity contribution in [3.05, 3.63) is 35.9 Å². The molecule has 6 heteroatoms. The van der Waals surface area contributed by atoms with Crippen LogP contribution in [0.1, 0.15) is 25.8 Å². The maximum atomic E-state index is 11.8. The van der Waals surface area contributed by atoms with E-state index in [4.69, 9.17) is 10.5 Å². The molecule has 1 aromatic rings. The average molecular weight is 308 g/mol. The van der Waals surface area contributed by atoms with Crippen molar-refractivity contribution in [3.63, 3.8) is 0 Å². The summed E-state index contributed by atoms with van der Waals surface area (Å²) in [6, 6.07) is 8.49. The molecular weight excluding hydrogens is 284 g/mol. The molecule has 0 unspecified atom stereocenters. The van der Waals surface area contributed by atoms with Crippen LogP contribution in [-0.2, 0) is 20.9 Å². The highest BCUT2D eigenvalue weighted by atomic mass is 16.5. The summed E-state index contributed by atoms with van der Waals surface area (Å²) in [6.45, 7) is 4.06. The normalized spacial score (nSPS) is 13.6. The first-order valence-electron chi connectivity index (χ1n) is 7.29. The largest absolute Gasteiger partial charge is 0.383 e. The second kappa shape index (κ2) is 9.17. The van der Waals surface area contributed by atoms with Crippen molar-refractivity contribution >= 4 is 11.8 Å². The summed E-state index contributed by atoms with van der Waals surface area (Å²) >= 11 is 0. The van der Waals surface area contributed by atoms with Gasteiger partial charge in [-0.25, -0.2) is 0 Å². The van der Waals surface area contributed by atoms with Gasteiger partial charge in [0, 0.05) is 0 Å². The SMILES string of the molecule is CC(C)C[C@H](O)C(=O)N[C@@H](COCc1ccccc1)C(N)=O. The summed E-state index contributed by atoms with van der Waals surface area (Å²) in [5.41, 5.74) is 6.21. The second-order valence-electron chi connectivity index (χ2n) is 5.61. The third-order valence-corrected chi connectivity index (χ3v) is 3.05. The molecule has 0 aliphatic heterocycles. The van der Waals surface area contributed by atoms with Gasteiger partial charge in [-0.1, -0.05) is 44.2 Å². The maximum Gasteiger partial charge on any atom is 0.249 e. The standard InChI is InChI=1S/C16H24N2O4/c1-11(2)8-14(19)16(21)18-13(15(17)20)10-22-9-12-6-4-3-5-7-12/h3-7,11,13-14,19H,8-10H2,1-2H3,(H2,17,20)(H,18,21)/t13-,14-/m0/s1. The minimum Gasteiger partial charge on any atom is -0.383 e. The van der Waals surface area contributed by atoms with E-state index in [1.165, 1.54) is 0 Å². The predicted molar refractivity (Wildman–Crippen MR) is 82.7 cm³/mol. The number of benzene rings is 1. The number of aliphatic hydroxyl groups is 1. The summed E-state index contributed by atoms with van der Waals surface area (Å²) < 4.78 is 5.41. The lowest BCUT2D eigenvalue weighted by molar-refractivity contribution is -0.134. The fraction of sp³-hybridized carbons (Fsp3) is 0.500. The second-order valence-corrected chi connectivity index (χ2v) is 5.61. The van der Waals surface area contributed by atoms with Crippen LogP contribution in [0.5, 0.6) is 0 Å². The third-order valence-electron chi connectivity index (χ3n) is 3.05. The van der Waals surface area contributed by atoms with E-state index in [1.54, 1.807) is 0 Å². The minimum absolute atomic E-state index is 0.0373. The topological polar surface area (TPSA) is 102 Å². The van der Waals surface area contributed by atoms with Crippen LogP contribution >= 0.6 is 0 Å². The van der Waals surface area contributed by atoms with E-state index < -0.39 is 24.0 Å². The molecule has 2 amide bonds. The van der Waals surface area contributed by atoms with E-state index in [2.05, 4.69) is 5.32 Å². The van der Waals surface area contributed by atoms with E-state index in [9.17, 15) is 14.7 Å². The average Bonchev–Trinajstić information content (AvgIpc) is 2.46. The van der Waals surface area contributed by atoms with Gasteiger partial charge < -0.3 is 20.9 Å². The molecule has 22 heavy (non-hydrogen) atoms. The molecule has 122 valence electrons. The number of hydrogen-bond acceptors (Lipinski definition) is 4. The lowest BCUT2D eigenvalue weighted by Gasteiger charge is -2.19. The van der Waals surface area contributed by atoms with Crippen molar-refractivity contribution in [2.45, 2.75) is 39.0 Å². The monoisotopic (exact) mass is 308 g/mol. The van der Waals surface area contributed by atoms with E-state index in [0.29, 0.717) is 13.0 Å². The van der Waals surface area contributed by atoms with Crippen LogP contribution in [-0.4, -0.2) is 35.7 Å². The lowest BCUT2D eigenvalue weighted by atomic mass is 10.1. The number of nitrogens with one attached hydrogen (secondary N) is 1. The molecule has 0 radical (unpaired) electrons. The molecule has 0 aromatic heterocycles. The minimum atomic E-state index is -1.16. The number of ether oxygens (including phenoxy) is 1. The first-order valence-corrected chi connectivity index (χ1v) is 7.29. The Morgan fingerprint density at radius 3 is 2.45 bits per heavy atom. The highest BCUT2D eigenvalue weighted by Crippen LogP contribution is 2.05. The molecule has 0 bridgehead atoms. The van der Waals surface area contributed by atoms with Crippen molar-refractivity contribution in [2.75, 3.05) is 6.61 Å². The highest BCUT2D eigenvalue weighted by Gasteiger charge is 2.23. The smallest absolute Gasteiger partial charge is 0.249 e. The zero-order valence-corrected chi connectivity index (χ0v) is 13.0. The number of amides is 2.